The Morgan fingerprint density at radius 1 is 1.16 bits per heavy atom. The normalized spacial score (nSPS) is 12.0. The summed E-state index contributed by atoms with van der Waals surface area (Å²) >= 11 is 5.63. The lowest BCUT2D eigenvalue weighted by Gasteiger charge is -2.13. The van der Waals surface area contributed by atoms with E-state index in [-0.39, 0.29) is 5.57 Å². The molecule has 19 heavy (non-hydrogen) atoms. The zero-order valence-electron chi connectivity index (χ0n) is 9.37. The lowest BCUT2D eigenvalue weighted by Crippen LogP contribution is -2.25. The van der Waals surface area contributed by atoms with E-state index in [0.29, 0.717) is 10.6 Å². The van der Waals surface area contributed by atoms with E-state index in [0.717, 1.165) is 0 Å². The lowest BCUT2D eigenvalue weighted by molar-refractivity contribution is -0.0518. The summed E-state index contributed by atoms with van der Waals surface area (Å²) in [4.78, 5) is 0. The van der Waals surface area contributed by atoms with E-state index in [1.54, 1.807) is 0 Å². The smallest absolute Gasteiger partial charge is 0.376 e. The van der Waals surface area contributed by atoms with Gasteiger partial charge in [-0.3, -0.25) is 0 Å². The molecular weight excluding hydrogens is 305 g/mol. The van der Waals surface area contributed by atoms with Crippen molar-refractivity contribution in [3.05, 3.63) is 53.8 Å². The van der Waals surface area contributed by atoms with E-state index in [9.17, 15) is 21.6 Å². The molecule has 104 valence electrons. The van der Waals surface area contributed by atoms with Crippen LogP contribution in [-0.4, -0.2) is 13.9 Å². The number of allylic oxidation sites excluding steroid dienone is 1. The number of hydrogen-bond donors (Lipinski definition) is 0. The molecule has 0 spiro atoms. The molecule has 0 atom stereocenters. The third-order valence-corrected chi connectivity index (χ3v) is 3.26. The Morgan fingerprint density at radius 2 is 1.63 bits per heavy atom. The second-order valence-electron chi connectivity index (χ2n) is 3.39. The molecule has 0 saturated carbocycles. The minimum atomic E-state index is -5.74. The largest absolute Gasteiger partial charge is 0.534 e. The average molecular weight is 313 g/mol. The molecule has 0 aromatic heterocycles. The fourth-order valence-electron chi connectivity index (χ4n) is 1.04. The number of rotatable bonds is 4. The zero-order valence-corrected chi connectivity index (χ0v) is 10.9. The van der Waals surface area contributed by atoms with Crippen molar-refractivity contribution in [2.24, 2.45) is 0 Å². The van der Waals surface area contributed by atoms with E-state index >= 15 is 0 Å². The third-order valence-electron chi connectivity index (χ3n) is 2.02. The molecule has 0 bridgehead atoms. The summed E-state index contributed by atoms with van der Waals surface area (Å²) in [6.45, 7) is 6.54. The monoisotopic (exact) mass is 312 g/mol. The van der Waals surface area contributed by atoms with Crippen molar-refractivity contribution in [3.8, 4) is 0 Å². The average Bonchev–Trinajstić information content (AvgIpc) is 2.27. The molecule has 3 nitrogen and oxygen atoms in total. The van der Waals surface area contributed by atoms with Gasteiger partial charge in [-0.15, -0.1) is 0 Å². The number of benzene rings is 1. The summed E-state index contributed by atoms with van der Waals surface area (Å²) in [7, 11) is -5.74. The fourth-order valence-corrected chi connectivity index (χ4v) is 1.63. The Kier molecular flexibility index (Phi) is 4.32. The van der Waals surface area contributed by atoms with Crippen LogP contribution < -0.4 is 0 Å². The van der Waals surface area contributed by atoms with Gasteiger partial charge in [0.2, 0.25) is 0 Å². The minimum Gasteiger partial charge on any atom is -0.376 e. The summed E-state index contributed by atoms with van der Waals surface area (Å²) < 4.78 is 61.8. The van der Waals surface area contributed by atoms with Crippen molar-refractivity contribution in [2.45, 2.75) is 5.51 Å². The number of halogens is 4. The van der Waals surface area contributed by atoms with Crippen molar-refractivity contribution in [2.75, 3.05) is 0 Å². The summed E-state index contributed by atoms with van der Waals surface area (Å²) in [6.07, 6.45) is 0. The second kappa shape index (κ2) is 5.26. The Labute approximate surface area is 113 Å². The number of alkyl halides is 3. The first-order chi connectivity index (χ1) is 8.54. The van der Waals surface area contributed by atoms with Gasteiger partial charge in [0.15, 0.2) is 0 Å². The maximum atomic E-state index is 12.1. The quantitative estimate of drug-likeness (QED) is 0.368. The molecule has 1 aromatic rings. The summed E-state index contributed by atoms with van der Waals surface area (Å²) in [5.41, 5.74) is -5.27. The SMILES string of the molecule is C=C(OS(=O)(=O)C(F)(F)F)C(=C)c1ccc(Cl)cc1. The molecule has 0 aliphatic carbocycles. The molecule has 8 heteroatoms. The molecule has 0 radical (unpaired) electrons. The standard InChI is InChI=1S/C11H8ClF3O3S/c1-7(9-3-5-10(12)6-4-9)8(2)18-19(16,17)11(13,14)15/h3-6H,1-2H2. The van der Waals surface area contributed by atoms with Crippen LogP contribution in [0.1, 0.15) is 5.56 Å². The molecular formula is C11H8ClF3O3S. The predicted molar refractivity (Wildman–Crippen MR) is 65.7 cm³/mol. The topological polar surface area (TPSA) is 43.4 Å². The Hall–Kier alpha value is -1.47. The Balaban J connectivity index is 2.91. The lowest BCUT2D eigenvalue weighted by atomic mass is 10.1. The Morgan fingerprint density at radius 3 is 2.05 bits per heavy atom. The van der Waals surface area contributed by atoms with Crippen LogP contribution in [0.4, 0.5) is 13.2 Å². The molecule has 1 rings (SSSR count). The van der Waals surface area contributed by atoms with Crippen molar-refractivity contribution < 1.29 is 25.8 Å². The maximum absolute atomic E-state index is 12.1. The fraction of sp³-hybridized carbons (Fsp3) is 0.0909. The first-order valence-corrected chi connectivity index (χ1v) is 6.48. The highest BCUT2D eigenvalue weighted by molar-refractivity contribution is 7.87. The van der Waals surface area contributed by atoms with Crippen molar-refractivity contribution in [3.63, 3.8) is 0 Å². The van der Waals surface area contributed by atoms with Crippen molar-refractivity contribution in [1.82, 2.24) is 0 Å². The van der Waals surface area contributed by atoms with E-state index in [1.165, 1.54) is 24.3 Å². The van der Waals surface area contributed by atoms with Gasteiger partial charge in [-0.05, 0) is 17.7 Å². The van der Waals surface area contributed by atoms with Crippen LogP contribution in [0.5, 0.6) is 0 Å². The molecule has 0 fully saturated rings. The van der Waals surface area contributed by atoms with Crippen LogP contribution in [0.25, 0.3) is 5.57 Å². The van der Waals surface area contributed by atoms with Gasteiger partial charge < -0.3 is 4.18 Å². The van der Waals surface area contributed by atoms with Crippen LogP contribution in [0, 0.1) is 0 Å². The van der Waals surface area contributed by atoms with Crippen molar-refractivity contribution >= 4 is 27.3 Å². The maximum Gasteiger partial charge on any atom is 0.534 e. The van der Waals surface area contributed by atoms with Crippen LogP contribution in [0.2, 0.25) is 5.02 Å². The Bertz CT molecular complexity index is 603. The van der Waals surface area contributed by atoms with E-state index < -0.39 is 21.4 Å². The first-order valence-electron chi connectivity index (χ1n) is 4.69. The van der Waals surface area contributed by atoms with Crippen LogP contribution >= 0.6 is 11.6 Å². The van der Waals surface area contributed by atoms with Gasteiger partial charge in [-0.1, -0.05) is 36.9 Å². The van der Waals surface area contributed by atoms with Crippen LogP contribution in [0.3, 0.4) is 0 Å². The molecule has 0 unspecified atom stereocenters. The van der Waals surface area contributed by atoms with E-state index in [1.807, 2.05) is 0 Å². The van der Waals surface area contributed by atoms with Crippen LogP contribution in [0.15, 0.2) is 43.2 Å². The zero-order chi connectivity index (χ0) is 14.8. The van der Waals surface area contributed by atoms with E-state index in [4.69, 9.17) is 11.6 Å². The molecule has 0 aliphatic heterocycles. The minimum absolute atomic E-state index is 0.0931. The number of hydrogen-bond acceptors (Lipinski definition) is 3. The van der Waals surface area contributed by atoms with Gasteiger partial charge in [0.05, 0.1) is 0 Å². The molecule has 0 N–H and O–H groups in total. The molecule has 0 heterocycles. The summed E-state index contributed by atoms with van der Waals surface area (Å²) in [5.74, 6) is -0.709. The molecule has 0 aliphatic rings. The van der Waals surface area contributed by atoms with Gasteiger partial charge in [0, 0.05) is 10.6 Å². The van der Waals surface area contributed by atoms with Gasteiger partial charge in [-0.2, -0.15) is 21.6 Å². The van der Waals surface area contributed by atoms with Crippen molar-refractivity contribution in [1.29, 1.82) is 0 Å². The van der Waals surface area contributed by atoms with Gasteiger partial charge in [0.25, 0.3) is 0 Å². The third kappa shape index (κ3) is 3.74. The molecule has 0 saturated heterocycles. The summed E-state index contributed by atoms with van der Waals surface area (Å²) in [6, 6.07) is 5.82. The highest BCUT2D eigenvalue weighted by Crippen LogP contribution is 2.30. The van der Waals surface area contributed by atoms with Crippen LogP contribution in [-0.2, 0) is 14.3 Å². The summed E-state index contributed by atoms with van der Waals surface area (Å²) in [5, 5.41) is 0.408. The first kappa shape index (κ1) is 15.6. The predicted octanol–water partition coefficient (Wildman–Crippen LogP) is 3.73. The second-order valence-corrected chi connectivity index (χ2v) is 5.37. The molecule has 0 amide bonds. The highest BCUT2D eigenvalue weighted by atomic mass is 35.5. The van der Waals surface area contributed by atoms with Gasteiger partial charge >= 0.3 is 15.6 Å². The van der Waals surface area contributed by atoms with Gasteiger partial charge in [0.1, 0.15) is 5.76 Å². The molecule has 1 aromatic carbocycles. The van der Waals surface area contributed by atoms with E-state index in [2.05, 4.69) is 17.3 Å². The van der Waals surface area contributed by atoms with Gasteiger partial charge in [-0.25, -0.2) is 0 Å². The highest BCUT2D eigenvalue weighted by Gasteiger charge is 2.48.